The SMILES string of the molecule is CC1CCN(CCCNC(=O)c2ccc(C=C3Oc4ccccc4N(Cc4ccc(Cl)cc4)C3=O)cc2)CC1. The van der Waals surface area contributed by atoms with Crippen LogP contribution in [0.3, 0.4) is 0 Å². The number of carbonyl (C=O) groups is 2. The molecule has 1 fully saturated rings. The molecular formula is C32H34ClN3O3. The van der Waals surface area contributed by atoms with Gasteiger partial charge in [-0.25, -0.2) is 0 Å². The molecule has 0 aromatic heterocycles. The zero-order valence-electron chi connectivity index (χ0n) is 22.2. The molecule has 7 heteroatoms. The Balaban J connectivity index is 1.21. The van der Waals surface area contributed by atoms with Crippen LogP contribution in [0, 0.1) is 5.92 Å². The number of rotatable bonds is 8. The zero-order chi connectivity index (χ0) is 27.2. The van der Waals surface area contributed by atoms with Gasteiger partial charge in [-0.3, -0.25) is 14.5 Å². The number of nitrogens with one attached hydrogen (secondary N) is 1. The molecule has 2 amide bonds. The Hall–Kier alpha value is -3.61. The highest BCUT2D eigenvalue weighted by molar-refractivity contribution is 6.30. The smallest absolute Gasteiger partial charge is 0.294 e. The van der Waals surface area contributed by atoms with Crippen LogP contribution in [0.25, 0.3) is 6.08 Å². The molecule has 0 bridgehead atoms. The van der Waals surface area contributed by atoms with E-state index in [0.29, 0.717) is 29.4 Å². The Morgan fingerprint density at radius 2 is 1.74 bits per heavy atom. The van der Waals surface area contributed by atoms with Crippen LogP contribution >= 0.6 is 11.6 Å². The quantitative estimate of drug-likeness (QED) is 0.273. The lowest BCUT2D eigenvalue weighted by Gasteiger charge is -2.30. The number of likely N-dealkylation sites (tertiary alicyclic amines) is 1. The van der Waals surface area contributed by atoms with Gasteiger partial charge in [0.1, 0.15) is 0 Å². The van der Waals surface area contributed by atoms with Crippen molar-refractivity contribution in [2.45, 2.75) is 32.7 Å². The molecule has 6 nitrogen and oxygen atoms in total. The van der Waals surface area contributed by atoms with Crippen molar-refractivity contribution in [3.63, 3.8) is 0 Å². The van der Waals surface area contributed by atoms with E-state index in [2.05, 4.69) is 17.1 Å². The summed E-state index contributed by atoms with van der Waals surface area (Å²) >= 11 is 6.04. The Morgan fingerprint density at radius 1 is 1.03 bits per heavy atom. The van der Waals surface area contributed by atoms with Crippen LogP contribution in [0.5, 0.6) is 5.75 Å². The molecular weight excluding hydrogens is 510 g/mol. The summed E-state index contributed by atoms with van der Waals surface area (Å²) in [4.78, 5) is 30.3. The van der Waals surface area contributed by atoms with E-state index in [-0.39, 0.29) is 17.6 Å². The highest BCUT2D eigenvalue weighted by Gasteiger charge is 2.30. The molecule has 1 N–H and O–H groups in total. The van der Waals surface area contributed by atoms with E-state index in [0.717, 1.165) is 48.8 Å². The number of para-hydroxylation sites is 2. The van der Waals surface area contributed by atoms with Gasteiger partial charge in [-0.2, -0.15) is 0 Å². The van der Waals surface area contributed by atoms with Gasteiger partial charge in [0.2, 0.25) is 0 Å². The zero-order valence-corrected chi connectivity index (χ0v) is 23.0. The minimum Gasteiger partial charge on any atom is -0.449 e. The van der Waals surface area contributed by atoms with Gasteiger partial charge in [0.15, 0.2) is 11.5 Å². The van der Waals surface area contributed by atoms with E-state index in [4.69, 9.17) is 16.3 Å². The van der Waals surface area contributed by atoms with Crippen LogP contribution in [-0.2, 0) is 11.3 Å². The summed E-state index contributed by atoms with van der Waals surface area (Å²) in [7, 11) is 0. The summed E-state index contributed by atoms with van der Waals surface area (Å²) < 4.78 is 6.00. The lowest BCUT2D eigenvalue weighted by Crippen LogP contribution is -2.36. The van der Waals surface area contributed by atoms with E-state index >= 15 is 0 Å². The normalized spacial score (nSPS) is 17.1. The van der Waals surface area contributed by atoms with Gasteiger partial charge in [-0.15, -0.1) is 0 Å². The van der Waals surface area contributed by atoms with Crippen molar-refractivity contribution in [3.05, 3.63) is 100 Å². The van der Waals surface area contributed by atoms with Gasteiger partial charge in [-0.1, -0.05) is 54.9 Å². The minimum absolute atomic E-state index is 0.0884. The number of anilines is 1. The number of halogens is 1. The molecule has 0 radical (unpaired) electrons. The van der Waals surface area contributed by atoms with Crippen molar-refractivity contribution in [2.24, 2.45) is 5.92 Å². The summed E-state index contributed by atoms with van der Waals surface area (Å²) in [5.41, 5.74) is 3.05. The molecule has 0 atom stereocenters. The highest BCUT2D eigenvalue weighted by Crippen LogP contribution is 2.36. The largest absolute Gasteiger partial charge is 0.449 e. The van der Waals surface area contributed by atoms with Crippen LogP contribution in [0.4, 0.5) is 5.69 Å². The number of hydrogen-bond acceptors (Lipinski definition) is 4. The maximum absolute atomic E-state index is 13.5. The maximum Gasteiger partial charge on any atom is 0.294 e. The van der Waals surface area contributed by atoms with Crippen molar-refractivity contribution < 1.29 is 14.3 Å². The number of fused-ring (bicyclic) bond motifs is 1. The maximum atomic E-state index is 13.5. The standard InChI is InChI=1S/C32H34ClN3O3/c1-23-15-19-35(20-16-23)18-4-17-34-31(37)26-11-7-24(8-12-26)21-30-32(38)36(22-25-9-13-27(33)14-10-25)28-5-2-3-6-29(28)39-30/h2-3,5-14,21,23H,4,15-20,22H2,1H3,(H,34,37). The average molecular weight is 544 g/mol. The van der Waals surface area contributed by atoms with Gasteiger partial charge in [0, 0.05) is 17.1 Å². The number of nitrogens with zero attached hydrogens (tertiary/aromatic N) is 2. The second kappa shape index (κ2) is 12.5. The number of ether oxygens (including phenoxy) is 1. The van der Waals surface area contributed by atoms with Crippen LogP contribution < -0.4 is 15.0 Å². The first-order valence-corrected chi connectivity index (χ1v) is 14.0. The lowest BCUT2D eigenvalue weighted by atomic mass is 9.99. The molecule has 2 heterocycles. The van der Waals surface area contributed by atoms with E-state index in [1.54, 1.807) is 23.1 Å². The third-order valence-corrected chi connectivity index (χ3v) is 7.62. The molecule has 2 aliphatic rings. The van der Waals surface area contributed by atoms with Crippen LogP contribution in [0.15, 0.2) is 78.6 Å². The summed E-state index contributed by atoms with van der Waals surface area (Å²) in [6, 6.07) is 22.2. The molecule has 3 aromatic rings. The molecule has 5 rings (SSSR count). The van der Waals surface area contributed by atoms with Crippen molar-refractivity contribution in [2.75, 3.05) is 31.1 Å². The molecule has 39 heavy (non-hydrogen) atoms. The Labute approximate surface area is 235 Å². The van der Waals surface area contributed by atoms with Gasteiger partial charge in [-0.05, 0) is 98.4 Å². The Morgan fingerprint density at radius 3 is 2.49 bits per heavy atom. The molecule has 0 saturated carbocycles. The molecule has 3 aromatic carbocycles. The van der Waals surface area contributed by atoms with Crippen molar-refractivity contribution in [3.8, 4) is 5.75 Å². The predicted molar refractivity (Wildman–Crippen MR) is 156 cm³/mol. The molecule has 1 saturated heterocycles. The lowest BCUT2D eigenvalue weighted by molar-refractivity contribution is -0.117. The molecule has 0 unspecified atom stereocenters. The number of hydrogen-bond donors (Lipinski definition) is 1. The molecule has 0 spiro atoms. The number of benzene rings is 3. The van der Waals surface area contributed by atoms with Crippen LogP contribution in [0.2, 0.25) is 5.02 Å². The fraction of sp³-hybridized carbons (Fsp3) is 0.312. The molecule has 202 valence electrons. The molecule has 2 aliphatic heterocycles. The van der Waals surface area contributed by atoms with Crippen LogP contribution in [0.1, 0.15) is 47.7 Å². The average Bonchev–Trinajstić information content (AvgIpc) is 2.95. The number of piperidine rings is 1. The fourth-order valence-electron chi connectivity index (χ4n) is 4.97. The van der Waals surface area contributed by atoms with E-state index < -0.39 is 0 Å². The second-order valence-corrected chi connectivity index (χ2v) is 10.8. The van der Waals surface area contributed by atoms with Crippen molar-refractivity contribution in [1.82, 2.24) is 10.2 Å². The van der Waals surface area contributed by atoms with Crippen molar-refractivity contribution in [1.29, 1.82) is 0 Å². The first-order valence-electron chi connectivity index (χ1n) is 13.6. The third-order valence-electron chi connectivity index (χ3n) is 7.37. The van der Waals surface area contributed by atoms with Gasteiger partial charge >= 0.3 is 0 Å². The predicted octanol–water partition coefficient (Wildman–Crippen LogP) is 6.16. The number of carbonyl (C=O) groups excluding carboxylic acids is 2. The minimum atomic E-state index is -0.228. The molecule has 0 aliphatic carbocycles. The Kier molecular flexibility index (Phi) is 8.64. The van der Waals surface area contributed by atoms with E-state index in [1.165, 1.54) is 12.8 Å². The van der Waals surface area contributed by atoms with Gasteiger partial charge in [0.25, 0.3) is 11.8 Å². The fourth-order valence-corrected chi connectivity index (χ4v) is 5.09. The summed E-state index contributed by atoms with van der Waals surface area (Å²) in [5.74, 6) is 1.36. The summed E-state index contributed by atoms with van der Waals surface area (Å²) in [5, 5.41) is 3.67. The highest BCUT2D eigenvalue weighted by atomic mass is 35.5. The summed E-state index contributed by atoms with van der Waals surface area (Å²) in [6.45, 7) is 6.69. The van der Waals surface area contributed by atoms with Crippen molar-refractivity contribution >= 4 is 35.2 Å². The third kappa shape index (κ3) is 6.88. The topological polar surface area (TPSA) is 61.9 Å². The monoisotopic (exact) mass is 543 g/mol. The van der Waals surface area contributed by atoms with Gasteiger partial charge in [0.05, 0.1) is 12.2 Å². The second-order valence-electron chi connectivity index (χ2n) is 10.4. The van der Waals surface area contributed by atoms with Crippen LogP contribution in [-0.4, -0.2) is 42.9 Å². The van der Waals surface area contributed by atoms with E-state index in [1.807, 2.05) is 60.7 Å². The first kappa shape index (κ1) is 27.0. The first-order chi connectivity index (χ1) is 19.0. The number of amides is 2. The summed E-state index contributed by atoms with van der Waals surface area (Å²) in [6.07, 6.45) is 5.18. The Bertz CT molecular complexity index is 1330. The van der Waals surface area contributed by atoms with Gasteiger partial charge < -0.3 is 15.0 Å². The van der Waals surface area contributed by atoms with E-state index in [9.17, 15) is 9.59 Å².